The van der Waals surface area contributed by atoms with E-state index >= 15 is 0 Å². The highest BCUT2D eigenvalue weighted by Gasteiger charge is 2.24. The zero-order chi connectivity index (χ0) is 9.72. The number of carbonyl (C=O) groups excluding carboxylic acids is 1. The summed E-state index contributed by atoms with van der Waals surface area (Å²) in [5.41, 5.74) is 0. The minimum atomic E-state index is -1.47. The maximum atomic E-state index is 10.5. The van der Waals surface area contributed by atoms with E-state index in [0.29, 0.717) is 0 Å². The number of Topliss-reactive ketones (excluding diaryl/α,β-unsaturated/α-hetero) is 1. The van der Waals surface area contributed by atoms with Gasteiger partial charge in [-0.05, 0) is 6.92 Å². The quantitative estimate of drug-likeness (QED) is 0.392. The molecule has 4 N–H and O–H groups in total. The third-order valence-corrected chi connectivity index (χ3v) is 1.47. The van der Waals surface area contributed by atoms with Crippen LogP contribution in [0.25, 0.3) is 0 Å². The SMILES string of the molecule is CC(=O)CC(O)C(O)C(O)CO. The van der Waals surface area contributed by atoms with Crippen LogP contribution in [0.1, 0.15) is 13.3 Å². The van der Waals surface area contributed by atoms with Crippen LogP contribution >= 0.6 is 0 Å². The van der Waals surface area contributed by atoms with Crippen LogP contribution < -0.4 is 0 Å². The smallest absolute Gasteiger partial charge is 0.132 e. The van der Waals surface area contributed by atoms with Crippen LogP contribution in [0, 0.1) is 0 Å². The second kappa shape index (κ2) is 5.21. The van der Waals surface area contributed by atoms with Crippen molar-refractivity contribution in [2.24, 2.45) is 0 Å². The number of ketones is 1. The van der Waals surface area contributed by atoms with E-state index in [-0.39, 0.29) is 12.2 Å². The van der Waals surface area contributed by atoms with Gasteiger partial charge >= 0.3 is 0 Å². The Balaban J connectivity index is 3.91. The summed E-state index contributed by atoms with van der Waals surface area (Å²) in [6.07, 6.45) is -4.42. The Morgan fingerprint density at radius 1 is 1.25 bits per heavy atom. The fourth-order valence-corrected chi connectivity index (χ4v) is 0.780. The van der Waals surface area contributed by atoms with Gasteiger partial charge in [0.15, 0.2) is 0 Å². The van der Waals surface area contributed by atoms with Crippen LogP contribution in [0.2, 0.25) is 0 Å². The average Bonchev–Trinajstić information content (AvgIpc) is 2.00. The molecule has 72 valence electrons. The van der Waals surface area contributed by atoms with E-state index in [4.69, 9.17) is 20.4 Å². The van der Waals surface area contributed by atoms with Crippen molar-refractivity contribution in [3.63, 3.8) is 0 Å². The molecule has 5 nitrogen and oxygen atoms in total. The van der Waals surface area contributed by atoms with Gasteiger partial charge in [-0.1, -0.05) is 0 Å². The Hall–Kier alpha value is -0.490. The van der Waals surface area contributed by atoms with Crippen molar-refractivity contribution in [3.8, 4) is 0 Å². The fourth-order valence-electron chi connectivity index (χ4n) is 0.780. The molecule has 0 saturated heterocycles. The molecule has 0 rings (SSSR count). The Morgan fingerprint density at radius 3 is 2.08 bits per heavy atom. The van der Waals surface area contributed by atoms with Crippen molar-refractivity contribution < 1.29 is 25.2 Å². The number of rotatable bonds is 5. The minimum absolute atomic E-state index is 0.224. The topological polar surface area (TPSA) is 98.0 Å². The first-order valence-corrected chi connectivity index (χ1v) is 3.63. The van der Waals surface area contributed by atoms with Gasteiger partial charge in [0.05, 0.1) is 12.7 Å². The van der Waals surface area contributed by atoms with Crippen LogP contribution in [0.3, 0.4) is 0 Å². The van der Waals surface area contributed by atoms with Crippen LogP contribution in [-0.4, -0.2) is 51.1 Å². The van der Waals surface area contributed by atoms with Gasteiger partial charge < -0.3 is 20.4 Å². The summed E-state index contributed by atoms with van der Waals surface area (Å²) in [7, 11) is 0. The van der Waals surface area contributed by atoms with Gasteiger partial charge in [0, 0.05) is 6.42 Å². The molecule has 0 aromatic rings. The molecule has 0 heterocycles. The van der Waals surface area contributed by atoms with E-state index < -0.39 is 24.9 Å². The first-order chi connectivity index (χ1) is 5.49. The maximum Gasteiger partial charge on any atom is 0.132 e. The summed E-state index contributed by atoms with van der Waals surface area (Å²) >= 11 is 0. The largest absolute Gasteiger partial charge is 0.394 e. The summed E-state index contributed by atoms with van der Waals surface area (Å²) in [5, 5.41) is 35.3. The van der Waals surface area contributed by atoms with Gasteiger partial charge in [-0.15, -0.1) is 0 Å². The van der Waals surface area contributed by atoms with Crippen LogP contribution in [0.5, 0.6) is 0 Å². The van der Waals surface area contributed by atoms with E-state index in [1.54, 1.807) is 0 Å². The zero-order valence-corrected chi connectivity index (χ0v) is 6.84. The number of aliphatic hydroxyl groups is 4. The van der Waals surface area contributed by atoms with Gasteiger partial charge in [0.1, 0.15) is 18.0 Å². The Bertz CT molecular complexity index is 147. The van der Waals surface area contributed by atoms with Crippen LogP contribution in [0.4, 0.5) is 0 Å². The van der Waals surface area contributed by atoms with E-state index in [1.165, 1.54) is 6.92 Å². The Morgan fingerprint density at radius 2 is 1.75 bits per heavy atom. The molecule has 0 saturated carbocycles. The average molecular weight is 178 g/mol. The first-order valence-electron chi connectivity index (χ1n) is 3.63. The highest BCUT2D eigenvalue weighted by atomic mass is 16.4. The molecule has 5 heteroatoms. The molecular formula is C7H14O5. The van der Waals surface area contributed by atoms with Gasteiger partial charge in [0.2, 0.25) is 0 Å². The molecule has 0 radical (unpaired) electrons. The first kappa shape index (κ1) is 11.5. The number of aliphatic hydroxyl groups excluding tert-OH is 4. The third-order valence-electron chi connectivity index (χ3n) is 1.47. The predicted octanol–water partition coefficient (Wildman–Crippen LogP) is -1.96. The van der Waals surface area contributed by atoms with E-state index in [1.807, 2.05) is 0 Å². The van der Waals surface area contributed by atoms with E-state index in [9.17, 15) is 4.79 Å². The van der Waals surface area contributed by atoms with Crippen molar-refractivity contribution in [3.05, 3.63) is 0 Å². The minimum Gasteiger partial charge on any atom is -0.394 e. The molecule has 3 atom stereocenters. The van der Waals surface area contributed by atoms with Crippen molar-refractivity contribution in [2.45, 2.75) is 31.7 Å². The molecule has 3 unspecified atom stereocenters. The number of carbonyl (C=O) groups is 1. The molecule has 0 bridgehead atoms. The standard InChI is InChI=1S/C7H14O5/c1-4(9)2-5(10)7(12)6(11)3-8/h5-8,10-12H,2-3H2,1H3. The number of hydrogen-bond donors (Lipinski definition) is 4. The molecule has 0 fully saturated rings. The van der Waals surface area contributed by atoms with Gasteiger partial charge in [-0.25, -0.2) is 0 Å². The van der Waals surface area contributed by atoms with E-state index in [2.05, 4.69) is 0 Å². The van der Waals surface area contributed by atoms with Gasteiger partial charge in [-0.2, -0.15) is 0 Å². The molecule has 12 heavy (non-hydrogen) atoms. The molecule has 0 aliphatic rings. The van der Waals surface area contributed by atoms with Crippen LogP contribution in [-0.2, 0) is 4.79 Å². The van der Waals surface area contributed by atoms with Crippen molar-refractivity contribution in [2.75, 3.05) is 6.61 Å². The van der Waals surface area contributed by atoms with Gasteiger partial charge in [0.25, 0.3) is 0 Å². The van der Waals surface area contributed by atoms with Crippen molar-refractivity contribution >= 4 is 5.78 Å². The molecule has 0 spiro atoms. The molecular weight excluding hydrogens is 164 g/mol. The highest BCUT2D eigenvalue weighted by Crippen LogP contribution is 2.04. The number of hydrogen-bond acceptors (Lipinski definition) is 5. The van der Waals surface area contributed by atoms with Crippen LogP contribution in [0.15, 0.2) is 0 Å². The normalized spacial score (nSPS) is 18.4. The summed E-state index contributed by atoms with van der Waals surface area (Å²) in [6.45, 7) is 0.622. The summed E-state index contributed by atoms with van der Waals surface area (Å²) < 4.78 is 0. The van der Waals surface area contributed by atoms with Crippen molar-refractivity contribution in [1.82, 2.24) is 0 Å². The van der Waals surface area contributed by atoms with Gasteiger partial charge in [-0.3, -0.25) is 4.79 Å². The zero-order valence-electron chi connectivity index (χ0n) is 6.84. The second-order valence-corrected chi connectivity index (χ2v) is 2.71. The Kier molecular flexibility index (Phi) is 5.00. The summed E-state index contributed by atoms with van der Waals surface area (Å²) in [6, 6.07) is 0. The fraction of sp³-hybridized carbons (Fsp3) is 0.857. The summed E-state index contributed by atoms with van der Waals surface area (Å²) in [5.74, 6) is -0.285. The molecule has 0 aromatic carbocycles. The second-order valence-electron chi connectivity index (χ2n) is 2.71. The maximum absolute atomic E-state index is 10.5. The lowest BCUT2D eigenvalue weighted by molar-refractivity contribution is -0.124. The third kappa shape index (κ3) is 3.77. The highest BCUT2D eigenvalue weighted by molar-refractivity contribution is 5.76. The lowest BCUT2D eigenvalue weighted by atomic mass is 10.0. The molecule has 0 aliphatic heterocycles. The van der Waals surface area contributed by atoms with E-state index in [0.717, 1.165) is 0 Å². The lowest BCUT2D eigenvalue weighted by Crippen LogP contribution is -2.40. The molecule has 0 aromatic heterocycles. The molecule has 0 aliphatic carbocycles. The summed E-state index contributed by atoms with van der Waals surface area (Å²) in [4.78, 5) is 10.5. The predicted molar refractivity (Wildman–Crippen MR) is 40.4 cm³/mol. The Labute approximate surface area is 70.3 Å². The van der Waals surface area contributed by atoms with Crippen molar-refractivity contribution in [1.29, 1.82) is 0 Å². The lowest BCUT2D eigenvalue weighted by Gasteiger charge is -2.20. The molecule has 0 amide bonds. The monoisotopic (exact) mass is 178 g/mol.